The number of carbonyl (C=O) groups is 1. The number of ether oxygens (including phenoxy) is 1. The summed E-state index contributed by atoms with van der Waals surface area (Å²) in [5.74, 6) is 1.32. The molecule has 4 rings (SSSR count). The molecule has 0 N–H and O–H groups in total. The molecule has 1 amide bonds. The van der Waals surface area contributed by atoms with Gasteiger partial charge in [0.15, 0.2) is 5.13 Å². The first kappa shape index (κ1) is 19.2. The van der Waals surface area contributed by atoms with E-state index < -0.39 is 0 Å². The lowest BCUT2D eigenvalue weighted by Gasteiger charge is -2.19. The van der Waals surface area contributed by atoms with Crippen LogP contribution in [0.1, 0.15) is 34.2 Å². The van der Waals surface area contributed by atoms with Crippen LogP contribution in [0.15, 0.2) is 59.2 Å². The minimum atomic E-state index is -0.127. The number of fused-ring (bicyclic) bond motifs is 1. The molecule has 0 aliphatic heterocycles. The standard InChI is InChI=1S/C23H22N2O3S/c1-4-27-18-9-7-17(8-10-18)22(26)25(14-19-6-5-11-28-19)23-24-20-13-15(2)12-16(3)21(20)29-23/h5-13H,4,14H2,1-3H3. The number of thiazole rings is 1. The molecule has 0 fully saturated rings. The third-order valence-electron chi connectivity index (χ3n) is 4.59. The quantitative estimate of drug-likeness (QED) is 0.409. The molecule has 2 aromatic heterocycles. The number of anilines is 1. The van der Waals surface area contributed by atoms with Crippen molar-refractivity contribution in [2.45, 2.75) is 27.3 Å². The second-order valence-electron chi connectivity index (χ2n) is 6.85. The maximum atomic E-state index is 13.4. The Hall–Kier alpha value is -3.12. The molecule has 0 spiro atoms. The number of aromatic nitrogens is 1. The lowest BCUT2D eigenvalue weighted by atomic mass is 10.1. The molecule has 4 aromatic rings. The number of furan rings is 1. The molecule has 0 saturated carbocycles. The normalized spacial score (nSPS) is 11.0. The largest absolute Gasteiger partial charge is 0.494 e. The van der Waals surface area contributed by atoms with Crippen LogP contribution in [0.4, 0.5) is 5.13 Å². The molecule has 2 aromatic carbocycles. The van der Waals surface area contributed by atoms with Crippen LogP contribution >= 0.6 is 11.3 Å². The molecule has 0 saturated heterocycles. The molecule has 0 bridgehead atoms. The summed E-state index contributed by atoms with van der Waals surface area (Å²) in [5.41, 5.74) is 3.80. The van der Waals surface area contributed by atoms with Crippen LogP contribution in [0.3, 0.4) is 0 Å². The first-order chi connectivity index (χ1) is 14.0. The summed E-state index contributed by atoms with van der Waals surface area (Å²) in [7, 11) is 0. The van der Waals surface area contributed by atoms with Crippen molar-refractivity contribution < 1.29 is 13.9 Å². The molecular weight excluding hydrogens is 384 g/mol. The summed E-state index contributed by atoms with van der Waals surface area (Å²) >= 11 is 1.52. The Morgan fingerprint density at radius 2 is 1.97 bits per heavy atom. The molecule has 6 heteroatoms. The number of carbonyl (C=O) groups excluding carboxylic acids is 1. The Morgan fingerprint density at radius 3 is 2.66 bits per heavy atom. The van der Waals surface area contributed by atoms with E-state index in [1.165, 1.54) is 11.3 Å². The second-order valence-corrected chi connectivity index (χ2v) is 7.83. The SMILES string of the molecule is CCOc1ccc(C(=O)N(Cc2ccco2)c2nc3cc(C)cc(C)c3s2)cc1. The van der Waals surface area contributed by atoms with E-state index in [0.29, 0.717) is 29.6 Å². The van der Waals surface area contributed by atoms with E-state index >= 15 is 0 Å². The highest BCUT2D eigenvalue weighted by atomic mass is 32.1. The van der Waals surface area contributed by atoms with Gasteiger partial charge in [0.25, 0.3) is 5.91 Å². The fourth-order valence-corrected chi connectivity index (χ4v) is 4.29. The first-order valence-corrected chi connectivity index (χ1v) is 10.3. The van der Waals surface area contributed by atoms with E-state index in [0.717, 1.165) is 27.1 Å². The highest BCUT2D eigenvalue weighted by Crippen LogP contribution is 2.33. The Balaban J connectivity index is 1.73. The predicted octanol–water partition coefficient (Wildman–Crippen LogP) is 5.75. The third-order valence-corrected chi connectivity index (χ3v) is 5.82. The maximum absolute atomic E-state index is 13.4. The fraction of sp³-hybridized carbons (Fsp3) is 0.217. The van der Waals surface area contributed by atoms with Gasteiger partial charge in [0.1, 0.15) is 11.5 Å². The molecule has 148 valence electrons. The molecule has 0 unspecified atom stereocenters. The average Bonchev–Trinajstić information content (AvgIpc) is 3.36. The van der Waals surface area contributed by atoms with E-state index in [1.54, 1.807) is 23.3 Å². The van der Waals surface area contributed by atoms with Crippen LogP contribution in [-0.4, -0.2) is 17.5 Å². The number of hydrogen-bond donors (Lipinski definition) is 0. The fourth-order valence-electron chi connectivity index (χ4n) is 3.28. The van der Waals surface area contributed by atoms with Gasteiger partial charge in [-0.05, 0) is 74.4 Å². The summed E-state index contributed by atoms with van der Waals surface area (Å²) < 4.78 is 12.1. The van der Waals surface area contributed by atoms with Crippen molar-refractivity contribution in [2.75, 3.05) is 11.5 Å². The zero-order valence-corrected chi connectivity index (χ0v) is 17.5. The van der Waals surface area contributed by atoms with E-state index in [4.69, 9.17) is 14.1 Å². The molecule has 5 nitrogen and oxygen atoms in total. The zero-order valence-electron chi connectivity index (χ0n) is 16.6. The maximum Gasteiger partial charge on any atom is 0.260 e. The molecule has 29 heavy (non-hydrogen) atoms. The van der Waals surface area contributed by atoms with Crippen LogP contribution in [0.5, 0.6) is 5.75 Å². The third kappa shape index (κ3) is 4.03. The van der Waals surface area contributed by atoms with Crippen molar-refractivity contribution in [1.29, 1.82) is 0 Å². The minimum Gasteiger partial charge on any atom is -0.494 e. The summed E-state index contributed by atoms with van der Waals surface area (Å²) in [6.07, 6.45) is 1.61. The second kappa shape index (κ2) is 8.09. The van der Waals surface area contributed by atoms with Crippen molar-refractivity contribution in [3.63, 3.8) is 0 Å². The minimum absolute atomic E-state index is 0.127. The molecule has 0 atom stereocenters. The van der Waals surface area contributed by atoms with Gasteiger partial charge < -0.3 is 9.15 Å². The van der Waals surface area contributed by atoms with E-state index in [-0.39, 0.29) is 5.91 Å². The number of nitrogens with zero attached hydrogens (tertiary/aromatic N) is 2. The van der Waals surface area contributed by atoms with Crippen molar-refractivity contribution >= 4 is 32.6 Å². The Kier molecular flexibility index (Phi) is 5.36. The topological polar surface area (TPSA) is 55.6 Å². The molecule has 0 radical (unpaired) electrons. The Morgan fingerprint density at radius 1 is 1.17 bits per heavy atom. The molecular formula is C23H22N2O3S. The number of rotatable bonds is 6. The Labute approximate surface area is 173 Å². The van der Waals surface area contributed by atoms with Crippen LogP contribution in [0.2, 0.25) is 0 Å². The Bertz CT molecular complexity index is 1130. The van der Waals surface area contributed by atoms with Crippen LogP contribution in [0, 0.1) is 13.8 Å². The van der Waals surface area contributed by atoms with Crippen molar-refractivity contribution in [1.82, 2.24) is 4.98 Å². The first-order valence-electron chi connectivity index (χ1n) is 9.50. The molecule has 2 heterocycles. The van der Waals surface area contributed by atoms with Gasteiger partial charge in [0.05, 0.1) is 29.6 Å². The van der Waals surface area contributed by atoms with Crippen molar-refractivity contribution in [3.05, 3.63) is 77.2 Å². The monoisotopic (exact) mass is 406 g/mol. The molecule has 0 aliphatic carbocycles. The van der Waals surface area contributed by atoms with Gasteiger partial charge in [-0.1, -0.05) is 17.4 Å². The highest BCUT2D eigenvalue weighted by molar-refractivity contribution is 7.22. The average molecular weight is 407 g/mol. The van der Waals surface area contributed by atoms with Gasteiger partial charge in [0, 0.05) is 5.56 Å². The lowest BCUT2D eigenvalue weighted by Crippen LogP contribution is -2.30. The summed E-state index contributed by atoms with van der Waals surface area (Å²) in [6, 6.07) is 15.1. The van der Waals surface area contributed by atoms with Gasteiger partial charge in [-0.2, -0.15) is 0 Å². The van der Waals surface area contributed by atoms with Gasteiger partial charge in [0.2, 0.25) is 0 Å². The van der Waals surface area contributed by atoms with Crippen molar-refractivity contribution in [2.24, 2.45) is 0 Å². The summed E-state index contributed by atoms with van der Waals surface area (Å²) in [5, 5.41) is 0.656. The van der Waals surface area contributed by atoms with Crippen molar-refractivity contribution in [3.8, 4) is 5.75 Å². The molecule has 0 aliphatic rings. The smallest absolute Gasteiger partial charge is 0.260 e. The van der Waals surface area contributed by atoms with Gasteiger partial charge in [-0.15, -0.1) is 0 Å². The lowest BCUT2D eigenvalue weighted by molar-refractivity contribution is 0.0983. The number of amides is 1. The number of benzene rings is 2. The van der Waals surface area contributed by atoms with Crippen LogP contribution in [-0.2, 0) is 6.54 Å². The summed E-state index contributed by atoms with van der Waals surface area (Å²) in [4.78, 5) is 19.8. The van der Waals surface area contributed by atoms with Gasteiger partial charge in [-0.25, -0.2) is 4.98 Å². The van der Waals surface area contributed by atoms with Gasteiger partial charge in [-0.3, -0.25) is 9.69 Å². The van der Waals surface area contributed by atoms with E-state index in [1.807, 2.05) is 31.2 Å². The van der Waals surface area contributed by atoms with Crippen LogP contribution in [0.25, 0.3) is 10.2 Å². The highest BCUT2D eigenvalue weighted by Gasteiger charge is 2.23. The van der Waals surface area contributed by atoms with E-state index in [9.17, 15) is 4.79 Å². The zero-order chi connectivity index (χ0) is 20.4. The van der Waals surface area contributed by atoms with Crippen LogP contribution < -0.4 is 9.64 Å². The number of aryl methyl sites for hydroxylation is 2. The van der Waals surface area contributed by atoms with E-state index in [2.05, 4.69) is 26.0 Å². The number of hydrogen-bond acceptors (Lipinski definition) is 5. The predicted molar refractivity (Wildman–Crippen MR) is 116 cm³/mol. The summed E-state index contributed by atoms with van der Waals surface area (Å²) in [6.45, 7) is 6.96. The van der Waals surface area contributed by atoms with Gasteiger partial charge >= 0.3 is 0 Å².